The van der Waals surface area contributed by atoms with Crippen LogP contribution in [0.2, 0.25) is 0 Å². The zero-order valence-electron chi connectivity index (χ0n) is 5.78. The van der Waals surface area contributed by atoms with Crippen molar-refractivity contribution in [1.82, 2.24) is 6.15 Å². The van der Waals surface area contributed by atoms with E-state index in [0.717, 1.165) is 12.8 Å². The van der Waals surface area contributed by atoms with Crippen LogP contribution in [0.1, 0.15) is 26.7 Å². The van der Waals surface area contributed by atoms with E-state index < -0.39 is 0 Å². The molecule has 4 N–H and O–H groups in total. The van der Waals surface area contributed by atoms with Crippen molar-refractivity contribution in [2.75, 3.05) is 6.61 Å². The zero-order chi connectivity index (χ0) is 5.70. The van der Waals surface area contributed by atoms with Crippen molar-refractivity contribution < 1.29 is 5.11 Å². The second-order valence-corrected chi connectivity index (χ2v) is 1.78. The van der Waals surface area contributed by atoms with E-state index in [9.17, 15) is 0 Å². The normalized spacial score (nSPS) is 9.00. The second-order valence-electron chi connectivity index (χ2n) is 1.78. The maximum absolute atomic E-state index is 8.35. The van der Waals surface area contributed by atoms with Crippen molar-refractivity contribution >= 4 is 0 Å². The Kier molecular flexibility index (Phi) is 9.36. The molecule has 0 aromatic rings. The lowest BCUT2D eigenvalue weighted by Crippen LogP contribution is -1.91. The van der Waals surface area contributed by atoms with Crippen LogP contribution >= 0.6 is 0 Å². The number of hydrogen-bond donors (Lipinski definition) is 2. The highest BCUT2D eigenvalue weighted by molar-refractivity contribution is 4.80. The van der Waals surface area contributed by atoms with Crippen LogP contribution in [0.25, 0.3) is 0 Å². The molecule has 0 aliphatic rings. The Bertz CT molecular complexity index is 39.5. The van der Waals surface area contributed by atoms with Gasteiger partial charge in [-0.1, -0.05) is 20.3 Å². The molecule has 0 heterocycles. The monoisotopic (exact) mass is 118 g/mol. The highest BCUT2D eigenvalue weighted by atomic mass is 16.2. The summed E-state index contributed by atoms with van der Waals surface area (Å²) in [6.07, 6.45) is 1.97. The van der Waals surface area contributed by atoms with Crippen molar-refractivity contribution in [1.29, 1.82) is 0 Å². The first-order chi connectivity index (χ1) is 3.31. The summed E-state index contributed by atoms with van der Waals surface area (Å²) in [5, 5.41) is 8.35. The molecule has 8 heavy (non-hydrogen) atoms. The van der Waals surface area contributed by atoms with Crippen molar-refractivity contribution in [3.05, 3.63) is 5.92 Å². The van der Waals surface area contributed by atoms with Crippen LogP contribution in [0.3, 0.4) is 0 Å². The van der Waals surface area contributed by atoms with E-state index in [1.807, 2.05) is 0 Å². The molecule has 2 nitrogen and oxygen atoms in total. The third kappa shape index (κ3) is 5.92. The van der Waals surface area contributed by atoms with Crippen LogP contribution in [0.5, 0.6) is 0 Å². The Morgan fingerprint density at radius 2 is 2.00 bits per heavy atom. The van der Waals surface area contributed by atoms with E-state index in [0.29, 0.717) is 6.61 Å². The van der Waals surface area contributed by atoms with Gasteiger partial charge in [-0.3, -0.25) is 0 Å². The molecule has 0 bridgehead atoms. The van der Waals surface area contributed by atoms with Gasteiger partial charge in [-0.05, 0) is 12.3 Å². The first-order valence-corrected chi connectivity index (χ1v) is 2.73. The van der Waals surface area contributed by atoms with E-state index in [4.69, 9.17) is 5.11 Å². The fraction of sp³-hybridized carbons (Fsp3) is 0.833. The molecular weight excluding hydrogens is 102 g/mol. The lowest BCUT2D eigenvalue weighted by atomic mass is 10.1. The fourth-order valence-corrected chi connectivity index (χ4v) is 0.368. The van der Waals surface area contributed by atoms with Gasteiger partial charge in [0.05, 0.1) is 0 Å². The molecule has 0 aliphatic heterocycles. The summed E-state index contributed by atoms with van der Waals surface area (Å²) in [6.45, 7) is 4.47. The quantitative estimate of drug-likeness (QED) is 0.590. The first kappa shape index (κ1) is 10.8. The van der Waals surface area contributed by atoms with Gasteiger partial charge in [0.2, 0.25) is 0 Å². The lowest BCUT2D eigenvalue weighted by molar-refractivity contribution is 0.290. The standard InChI is InChI=1S/C6H13O.H3N/c1-3-6(2)4-5-7;/h7H,3-5H2,1-2H3;1H3. The van der Waals surface area contributed by atoms with Crippen molar-refractivity contribution in [2.45, 2.75) is 26.7 Å². The van der Waals surface area contributed by atoms with E-state index in [1.165, 1.54) is 5.92 Å². The summed E-state index contributed by atoms with van der Waals surface area (Å²) in [7, 11) is 0. The van der Waals surface area contributed by atoms with Crippen LogP contribution in [-0.2, 0) is 0 Å². The minimum atomic E-state index is 0. The van der Waals surface area contributed by atoms with Crippen molar-refractivity contribution in [2.24, 2.45) is 0 Å². The molecule has 0 spiro atoms. The predicted molar refractivity (Wildman–Crippen MR) is 35.9 cm³/mol. The number of aliphatic hydroxyl groups is 1. The zero-order valence-corrected chi connectivity index (χ0v) is 5.78. The molecule has 0 aromatic heterocycles. The molecule has 0 unspecified atom stereocenters. The molecule has 0 atom stereocenters. The Morgan fingerprint density at radius 3 is 2.12 bits per heavy atom. The Balaban J connectivity index is 0. The van der Waals surface area contributed by atoms with Gasteiger partial charge in [0.25, 0.3) is 0 Å². The molecule has 51 valence electrons. The van der Waals surface area contributed by atoms with E-state index >= 15 is 0 Å². The van der Waals surface area contributed by atoms with Crippen LogP contribution in [0.4, 0.5) is 0 Å². The Morgan fingerprint density at radius 1 is 1.50 bits per heavy atom. The number of hydrogen-bond acceptors (Lipinski definition) is 2. The third-order valence-corrected chi connectivity index (χ3v) is 1.14. The summed E-state index contributed by atoms with van der Waals surface area (Å²) in [5.41, 5.74) is 0. The largest absolute Gasteiger partial charge is 0.396 e. The number of rotatable bonds is 3. The lowest BCUT2D eigenvalue weighted by Gasteiger charge is -2.01. The van der Waals surface area contributed by atoms with E-state index in [-0.39, 0.29) is 6.15 Å². The minimum Gasteiger partial charge on any atom is -0.396 e. The summed E-state index contributed by atoms with van der Waals surface area (Å²) in [4.78, 5) is 0. The highest BCUT2D eigenvalue weighted by Crippen LogP contribution is 2.06. The molecule has 0 saturated heterocycles. The molecule has 0 aromatic carbocycles. The van der Waals surface area contributed by atoms with Gasteiger partial charge < -0.3 is 11.3 Å². The topological polar surface area (TPSA) is 55.2 Å². The van der Waals surface area contributed by atoms with Gasteiger partial charge in [-0.25, -0.2) is 0 Å². The smallest absolute Gasteiger partial charge is 0.0436 e. The van der Waals surface area contributed by atoms with Crippen LogP contribution in [0, 0.1) is 5.92 Å². The van der Waals surface area contributed by atoms with Crippen molar-refractivity contribution in [3.63, 3.8) is 0 Å². The van der Waals surface area contributed by atoms with Crippen LogP contribution in [-0.4, -0.2) is 11.7 Å². The van der Waals surface area contributed by atoms with Gasteiger partial charge in [-0.2, -0.15) is 0 Å². The fourth-order valence-electron chi connectivity index (χ4n) is 0.368. The van der Waals surface area contributed by atoms with E-state index in [2.05, 4.69) is 13.8 Å². The maximum atomic E-state index is 8.35. The summed E-state index contributed by atoms with van der Waals surface area (Å²) in [6, 6.07) is 0. The highest BCUT2D eigenvalue weighted by Gasteiger charge is 1.94. The molecule has 0 amide bonds. The van der Waals surface area contributed by atoms with Crippen LogP contribution in [0.15, 0.2) is 0 Å². The predicted octanol–water partition coefficient (Wildman–Crippen LogP) is 1.54. The molecule has 0 rings (SSSR count). The second kappa shape index (κ2) is 6.92. The number of aliphatic hydroxyl groups excluding tert-OH is 1. The third-order valence-electron chi connectivity index (χ3n) is 1.14. The van der Waals surface area contributed by atoms with Gasteiger partial charge >= 0.3 is 0 Å². The van der Waals surface area contributed by atoms with Gasteiger partial charge in [0.15, 0.2) is 0 Å². The first-order valence-electron chi connectivity index (χ1n) is 2.73. The van der Waals surface area contributed by atoms with Crippen LogP contribution < -0.4 is 6.15 Å². The van der Waals surface area contributed by atoms with Crippen molar-refractivity contribution in [3.8, 4) is 0 Å². The molecule has 2 heteroatoms. The minimum absolute atomic E-state index is 0. The van der Waals surface area contributed by atoms with Gasteiger partial charge in [0, 0.05) is 6.61 Å². The summed E-state index contributed by atoms with van der Waals surface area (Å²) < 4.78 is 0. The Labute approximate surface area is 51.5 Å². The molecule has 1 radical (unpaired) electrons. The Hall–Kier alpha value is -0.0800. The average molecular weight is 118 g/mol. The van der Waals surface area contributed by atoms with E-state index in [1.54, 1.807) is 0 Å². The molecule has 0 fully saturated rings. The van der Waals surface area contributed by atoms with Gasteiger partial charge in [0.1, 0.15) is 0 Å². The molecular formula is C6H16NO. The summed E-state index contributed by atoms with van der Waals surface area (Å²) >= 11 is 0. The molecule has 0 aliphatic carbocycles. The maximum Gasteiger partial charge on any atom is 0.0436 e. The average Bonchev–Trinajstić information content (AvgIpc) is 1.68. The summed E-state index contributed by atoms with van der Waals surface area (Å²) in [5.74, 6) is 1.38. The molecule has 0 saturated carbocycles. The van der Waals surface area contributed by atoms with Gasteiger partial charge in [-0.15, -0.1) is 0 Å². The SMILES string of the molecule is CC[C](C)CCO.N.